The second-order valence-electron chi connectivity index (χ2n) is 4.66. The molecule has 0 spiro atoms. The van der Waals surface area contributed by atoms with Crippen molar-refractivity contribution >= 4 is 34.0 Å². The standard InChI is InChI=1S/C15H12N6O2S/c22-13(19-10-2-1-3-16-7-10)6-11-9-24-15(20-11)21-14(23)12-8-17-4-5-18-12/h1-5,7-9H,6H2,(H,19,22)(H,20,21,23). The van der Waals surface area contributed by atoms with Crippen LogP contribution in [0.4, 0.5) is 10.8 Å². The van der Waals surface area contributed by atoms with E-state index < -0.39 is 5.91 Å². The molecule has 3 heterocycles. The summed E-state index contributed by atoms with van der Waals surface area (Å²) >= 11 is 1.24. The van der Waals surface area contributed by atoms with E-state index in [1.807, 2.05) is 0 Å². The van der Waals surface area contributed by atoms with E-state index in [9.17, 15) is 9.59 Å². The lowest BCUT2D eigenvalue weighted by atomic mass is 10.3. The summed E-state index contributed by atoms with van der Waals surface area (Å²) in [5, 5.41) is 7.47. The fourth-order valence-corrected chi connectivity index (χ4v) is 2.53. The first-order valence-corrected chi connectivity index (χ1v) is 7.80. The van der Waals surface area contributed by atoms with Gasteiger partial charge in [-0.2, -0.15) is 0 Å². The number of hydrogen-bond acceptors (Lipinski definition) is 7. The van der Waals surface area contributed by atoms with Gasteiger partial charge in [0.25, 0.3) is 5.91 Å². The Morgan fingerprint density at radius 3 is 2.71 bits per heavy atom. The minimum absolute atomic E-state index is 0.104. The summed E-state index contributed by atoms with van der Waals surface area (Å²) in [7, 11) is 0. The zero-order chi connectivity index (χ0) is 16.8. The normalized spacial score (nSPS) is 10.2. The summed E-state index contributed by atoms with van der Waals surface area (Å²) in [6.07, 6.45) is 7.58. The lowest BCUT2D eigenvalue weighted by Crippen LogP contribution is -2.15. The van der Waals surface area contributed by atoms with E-state index in [1.165, 1.54) is 29.9 Å². The minimum atomic E-state index is -0.399. The van der Waals surface area contributed by atoms with Gasteiger partial charge in [-0.25, -0.2) is 9.97 Å². The fourth-order valence-electron chi connectivity index (χ4n) is 1.83. The van der Waals surface area contributed by atoms with Gasteiger partial charge in [0.05, 0.1) is 30.2 Å². The maximum absolute atomic E-state index is 12.0. The van der Waals surface area contributed by atoms with Crippen LogP contribution in [0.15, 0.2) is 48.5 Å². The Morgan fingerprint density at radius 1 is 1.08 bits per heavy atom. The average molecular weight is 340 g/mol. The molecule has 0 radical (unpaired) electrons. The molecule has 0 atom stereocenters. The van der Waals surface area contributed by atoms with Gasteiger partial charge in [-0.15, -0.1) is 11.3 Å². The van der Waals surface area contributed by atoms with Crippen molar-refractivity contribution in [1.82, 2.24) is 19.9 Å². The molecule has 0 saturated heterocycles. The van der Waals surface area contributed by atoms with Gasteiger partial charge >= 0.3 is 0 Å². The largest absolute Gasteiger partial charge is 0.324 e. The number of thiazole rings is 1. The molecule has 0 aliphatic carbocycles. The first kappa shape index (κ1) is 15.7. The van der Waals surface area contributed by atoms with Crippen molar-refractivity contribution < 1.29 is 9.59 Å². The lowest BCUT2D eigenvalue weighted by Gasteiger charge is -2.02. The van der Waals surface area contributed by atoms with Gasteiger partial charge in [0.15, 0.2) is 5.13 Å². The first-order valence-electron chi connectivity index (χ1n) is 6.92. The zero-order valence-corrected chi connectivity index (χ0v) is 13.2. The van der Waals surface area contributed by atoms with E-state index in [1.54, 1.807) is 29.9 Å². The van der Waals surface area contributed by atoms with Gasteiger partial charge in [-0.3, -0.25) is 24.9 Å². The molecule has 0 aromatic carbocycles. The van der Waals surface area contributed by atoms with Gasteiger partial charge in [0, 0.05) is 24.0 Å². The third-order valence-electron chi connectivity index (χ3n) is 2.85. The van der Waals surface area contributed by atoms with E-state index in [4.69, 9.17) is 0 Å². The number of rotatable bonds is 5. The maximum atomic E-state index is 12.0. The third-order valence-corrected chi connectivity index (χ3v) is 3.66. The lowest BCUT2D eigenvalue weighted by molar-refractivity contribution is -0.115. The fraction of sp³-hybridized carbons (Fsp3) is 0.0667. The number of aromatic nitrogens is 4. The van der Waals surface area contributed by atoms with E-state index in [-0.39, 0.29) is 18.0 Å². The molecule has 0 aliphatic rings. The van der Waals surface area contributed by atoms with Crippen molar-refractivity contribution in [2.45, 2.75) is 6.42 Å². The van der Waals surface area contributed by atoms with Gasteiger partial charge in [-0.05, 0) is 12.1 Å². The van der Waals surface area contributed by atoms with Gasteiger partial charge in [-0.1, -0.05) is 0 Å². The molecule has 0 aliphatic heterocycles. The highest BCUT2D eigenvalue weighted by atomic mass is 32.1. The van der Waals surface area contributed by atoms with E-state index in [2.05, 4.69) is 30.6 Å². The van der Waals surface area contributed by atoms with Crippen LogP contribution in [0.5, 0.6) is 0 Å². The molecule has 0 bridgehead atoms. The van der Waals surface area contributed by atoms with Crippen molar-refractivity contribution in [1.29, 1.82) is 0 Å². The van der Waals surface area contributed by atoms with Crippen LogP contribution in [-0.2, 0) is 11.2 Å². The van der Waals surface area contributed by atoms with Crippen molar-refractivity contribution in [3.05, 3.63) is 59.9 Å². The highest BCUT2D eigenvalue weighted by Gasteiger charge is 2.12. The Labute approximate surface area is 141 Å². The molecule has 3 aromatic rings. The molecule has 0 unspecified atom stereocenters. The maximum Gasteiger partial charge on any atom is 0.277 e. The van der Waals surface area contributed by atoms with E-state index in [0.717, 1.165) is 0 Å². The summed E-state index contributed by atoms with van der Waals surface area (Å²) in [5.41, 5.74) is 1.38. The van der Waals surface area contributed by atoms with Crippen LogP contribution in [0.2, 0.25) is 0 Å². The van der Waals surface area contributed by atoms with Crippen LogP contribution in [0.3, 0.4) is 0 Å². The number of carbonyl (C=O) groups is 2. The predicted molar refractivity (Wildman–Crippen MR) is 88.7 cm³/mol. The SMILES string of the molecule is O=C(Cc1csc(NC(=O)c2cnccn2)n1)Nc1cccnc1. The second kappa shape index (κ2) is 7.38. The van der Waals surface area contributed by atoms with Crippen LogP contribution < -0.4 is 10.6 Å². The van der Waals surface area contributed by atoms with Crippen LogP contribution in [0, 0.1) is 0 Å². The Morgan fingerprint density at radius 2 is 1.96 bits per heavy atom. The number of anilines is 2. The van der Waals surface area contributed by atoms with Crippen molar-refractivity contribution in [2.24, 2.45) is 0 Å². The molecule has 2 N–H and O–H groups in total. The first-order chi connectivity index (χ1) is 11.7. The Hall–Kier alpha value is -3.20. The highest BCUT2D eigenvalue weighted by molar-refractivity contribution is 7.14. The Bertz CT molecular complexity index is 837. The number of amides is 2. The van der Waals surface area contributed by atoms with E-state index in [0.29, 0.717) is 16.5 Å². The van der Waals surface area contributed by atoms with Crippen LogP contribution in [0.25, 0.3) is 0 Å². The monoisotopic (exact) mass is 340 g/mol. The van der Waals surface area contributed by atoms with Gasteiger partial charge in [0.1, 0.15) is 5.69 Å². The quantitative estimate of drug-likeness (QED) is 0.732. The molecular formula is C15H12N6O2S. The summed E-state index contributed by atoms with van der Waals surface area (Å²) in [4.78, 5) is 39.8. The predicted octanol–water partition coefficient (Wildman–Crippen LogP) is 1.76. The third kappa shape index (κ3) is 4.17. The topological polar surface area (TPSA) is 110 Å². The van der Waals surface area contributed by atoms with Gasteiger partial charge in [0.2, 0.25) is 5.91 Å². The number of pyridine rings is 1. The second-order valence-corrected chi connectivity index (χ2v) is 5.51. The van der Waals surface area contributed by atoms with Crippen molar-refractivity contribution in [2.75, 3.05) is 10.6 Å². The molecule has 0 saturated carbocycles. The van der Waals surface area contributed by atoms with Crippen molar-refractivity contribution in [3.8, 4) is 0 Å². The van der Waals surface area contributed by atoms with Gasteiger partial charge < -0.3 is 5.32 Å². The number of nitrogens with one attached hydrogen (secondary N) is 2. The Balaban J connectivity index is 1.57. The molecule has 8 nitrogen and oxygen atoms in total. The molecule has 2 amide bonds. The number of nitrogens with zero attached hydrogens (tertiary/aromatic N) is 4. The number of hydrogen-bond donors (Lipinski definition) is 2. The summed E-state index contributed by atoms with van der Waals surface area (Å²) < 4.78 is 0. The van der Waals surface area contributed by atoms with Crippen LogP contribution in [-0.4, -0.2) is 31.8 Å². The molecule has 3 rings (SSSR count). The molecule has 9 heteroatoms. The van der Waals surface area contributed by atoms with Crippen molar-refractivity contribution in [3.63, 3.8) is 0 Å². The van der Waals surface area contributed by atoms with Crippen LogP contribution in [0.1, 0.15) is 16.2 Å². The summed E-state index contributed by atoms with van der Waals surface area (Å²) in [6.45, 7) is 0. The van der Waals surface area contributed by atoms with E-state index >= 15 is 0 Å². The molecular weight excluding hydrogens is 328 g/mol. The molecule has 3 aromatic heterocycles. The summed E-state index contributed by atoms with van der Waals surface area (Å²) in [5.74, 6) is -0.607. The highest BCUT2D eigenvalue weighted by Crippen LogP contribution is 2.17. The Kier molecular flexibility index (Phi) is 4.82. The zero-order valence-electron chi connectivity index (χ0n) is 12.3. The summed E-state index contributed by atoms with van der Waals surface area (Å²) in [6, 6.07) is 3.48. The molecule has 24 heavy (non-hydrogen) atoms. The minimum Gasteiger partial charge on any atom is -0.324 e. The molecule has 0 fully saturated rings. The number of carbonyl (C=O) groups excluding carboxylic acids is 2. The van der Waals surface area contributed by atoms with Crippen LogP contribution >= 0.6 is 11.3 Å². The smallest absolute Gasteiger partial charge is 0.277 e. The molecule has 120 valence electrons. The average Bonchev–Trinajstić information content (AvgIpc) is 3.03.